The SMILES string of the molecule is C[C@@H]1CN(C)[C@H](C)C=C1c1ccccc1. The van der Waals surface area contributed by atoms with Crippen molar-refractivity contribution in [3.63, 3.8) is 0 Å². The second-order valence-corrected chi connectivity index (χ2v) is 4.57. The fraction of sp³-hybridized carbons (Fsp3) is 0.429. The molecule has 0 saturated carbocycles. The van der Waals surface area contributed by atoms with Crippen molar-refractivity contribution in [3.8, 4) is 0 Å². The Balaban J connectivity index is 2.33. The Morgan fingerprint density at radius 2 is 1.80 bits per heavy atom. The quantitative estimate of drug-likeness (QED) is 0.675. The van der Waals surface area contributed by atoms with Crippen LogP contribution in [0.4, 0.5) is 0 Å². The molecule has 2 atom stereocenters. The molecule has 1 heterocycles. The van der Waals surface area contributed by atoms with Gasteiger partial charge in [0.25, 0.3) is 0 Å². The first-order chi connectivity index (χ1) is 7.18. The minimum absolute atomic E-state index is 0.552. The van der Waals surface area contributed by atoms with Crippen LogP contribution < -0.4 is 0 Å². The fourth-order valence-corrected chi connectivity index (χ4v) is 2.26. The summed E-state index contributed by atoms with van der Waals surface area (Å²) in [5.41, 5.74) is 2.88. The highest BCUT2D eigenvalue weighted by atomic mass is 15.1. The molecule has 80 valence electrons. The van der Waals surface area contributed by atoms with Crippen molar-refractivity contribution in [2.24, 2.45) is 5.92 Å². The zero-order chi connectivity index (χ0) is 10.8. The predicted molar refractivity (Wildman–Crippen MR) is 65.7 cm³/mol. The van der Waals surface area contributed by atoms with Crippen molar-refractivity contribution < 1.29 is 0 Å². The van der Waals surface area contributed by atoms with Gasteiger partial charge in [0.2, 0.25) is 0 Å². The number of hydrogen-bond acceptors (Lipinski definition) is 1. The van der Waals surface area contributed by atoms with Crippen LogP contribution in [-0.4, -0.2) is 24.5 Å². The summed E-state index contributed by atoms with van der Waals surface area (Å²) in [7, 11) is 2.19. The van der Waals surface area contributed by atoms with Gasteiger partial charge in [-0.3, -0.25) is 4.90 Å². The molecular formula is C14H19N. The largest absolute Gasteiger partial charge is 0.300 e. The van der Waals surface area contributed by atoms with E-state index in [0.717, 1.165) is 6.54 Å². The summed E-state index contributed by atoms with van der Waals surface area (Å²) in [6.07, 6.45) is 2.39. The molecule has 0 saturated heterocycles. The van der Waals surface area contributed by atoms with Crippen LogP contribution in [0.2, 0.25) is 0 Å². The summed E-state index contributed by atoms with van der Waals surface area (Å²) < 4.78 is 0. The van der Waals surface area contributed by atoms with Crippen molar-refractivity contribution in [1.29, 1.82) is 0 Å². The van der Waals surface area contributed by atoms with Gasteiger partial charge in [-0.2, -0.15) is 0 Å². The zero-order valence-electron chi connectivity index (χ0n) is 9.77. The second kappa shape index (κ2) is 4.19. The third kappa shape index (κ3) is 2.13. The third-order valence-electron chi connectivity index (χ3n) is 3.32. The van der Waals surface area contributed by atoms with Crippen LogP contribution in [-0.2, 0) is 0 Å². The number of likely N-dealkylation sites (N-methyl/N-ethyl adjacent to an activating group) is 1. The van der Waals surface area contributed by atoms with Crippen LogP contribution in [0.25, 0.3) is 5.57 Å². The van der Waals surface area contributed by atoms with Crippen molar-refractivity contribution in [1.82, 2.24) is 4.90 Å². The Labute approximate surface area is 92.4 Å². The molecule has 1 aromatic rings. The van der Waals surface area contributed by atoms with Crippen LogP contribution in [0, 0.1) is 5.92 Å². The number of benzene rings is 1. The molecule has 0 aliphatic carbocycles. The first-order valence-electron chi connectivity index (χ1n) is 5.66. The molecule has 0 aromatic heterocycles. The fourth-order valence-electron chi connectivity index (χ4n) is 2.26. The lowest BCUT2D eigenvalue weighted by molar-refractivity contribution is 0.264. The Bertz CT molecular complexity index is 353. The normalized spacial score (nSPS) is 27.5. The molecule has 1 aromatic carbocycles. The highest BCUT2D eigenvalue weighted by molar-refractivity contribution is 5.68. The maximum Gasteiger partial charge on any atom is 0.0253 e. The van der Waals surface area contributed by atoms with E-state index in [1.54, 1.807) is 0 Å². The average molecular weight is 201 g/mol. The minimum atomic E-state index is 0.552. The topological polar surface area (TPSA) is 3.24 Å². The predicted octanol–water partition coefficient (Wildman–Crippen LogP) is 3.04. The van der Waals surface area contributed by atoms with Crippen molar-refractivity contribution in [2.75, 3.05) is 13.6 Å². The number of rotatable bonds is 1. The van der Waals surface area contributed by atoms with Gasteiger partial charge in [0.15, 0.2) is 0 Å². The minimum Gasteiger partial charge on any atom is -0.300 e. The third-order valence-corrected chi connectivity index (χ3v) is 3.32. The summed E-state index contributed by atoms with van der Waals surface area (Å²) in [6.45, 7) is 5.72. The van der Waals surface area contributed by atoms with E-state index in [0.29, 0.717) is 12.0 Å². The lowest BCUT2D eigenvalue weighted by atomic mass is 9.88. The zero-order valence-corrected chi connectivity index (χ0v) is 9.77. The lowest BCUT2D eigenvalue weighted by Crippen LogP contribution is -2.36. The van der Waals surface area contributed by atoms with Gasteiger partial charge in [-0.05, 0) is 31.0 Å². The monoisotopic (exact) mass is 201 g/mol. The van der Waals surface area contributed by atoms with E-state index >= 15 is 0 Å². The molecule has 0 radical (unpaired) electrons. The first-order valence-corrected chi connectivity index (χ1v) is 5.66. The molecule has 1 aliphatic rings. The van der Waals surface area contributed by atoms with Crippen molar-refractivity contribution >= 4 is 5.57 Å². The van der Waals surface area contributed by atoms with E-state index in [1.165, 1.54) is 11.1 Å². The highest BCUT2D eigenvalue weighted by Gasteiger charge is 2.21. The Kier molecular flexibility index (Phi) is 2.92. The van der Waals surface area contributed by atoms with Gasteiger partial charge in [0, 0.05) is 12.6 Å². The van der Waals surface area contributed by atoms with Crippen LogP contribution in [0.15, 0.2) is 36.4 Å². The molecule has 0 bridgehead atoms. The van der Waals surface area contributed by atoms with Gasteiger partial charge < -0.3 is 0 Å². The molecule has 1 nitrogen and oxygen atoms in total. The molecule has 1 heteroatoms. The second-order valence-electron chi connectivity index (χ2n) is 4.57. The molecule has 1 aliphatic heterocycles. The average Bonchev–Trinajstić information content (AvgIpc) is 2.25. The summed E-state index contributed by atoms with van der Waals surface area (Å²) in [5.74, 6) is 0.633. The maximum atomic E-state index is 2.40. The lowest BCUT2D eigenvalue weighted by Gasteiger charge is -2.33. The van der Waals surface area contributed by atoms with Gasteiger partial charge >= 0.3 is 0 Å². The van der Waals surface area contributed by atoms with Crippen LogP contribution in [0.3, 0.4) is 0 Å². The number of nitrogens with zero attached hydrogens (tertiary/aromatic N) is 1. The molecular weight excluding hydrogens is 182 g/mol. The van der Waals surface area contributed by atoms with Crippen LogP contribution >= 0.6 is 0 Å². The standard InChI is InChI=1S/C14H19N/c1-11-10-15(3)12(2)9-14(11)13-7-5-4-6-8-13/h4-9,11-12H,10H2,1-3H3/t11-,12-/m1/s1. The highest BCUT2D eigenvalue weighted by Crippen LogP contribution is 2.28. The summed E-state index contributed by atoms with van der Waals surface area (Å²) in [5, 5.41) is 0. The van der Waals surface area contributed by atoms with Crippen LogP contribution in [0.1, 0.15) is 19.4 Å². The van der Waals surface area contributed by atoms with Crippen molar-refractivity contribution in [2.45, 2.75) is 19.9 Å². The van der Waals surface area contributed by atoms with Gasteiger partial charge in [-0.1, -0.05) is 43.3 Å². The summed E-state index contributed by atoms with van der Waals surface area (Å²) >= 11 is 0. The van der Waals surface area contributed by atoms with E-state index in [4.69, 9.17) is 0 Å². The van der Waals surface area contributed by atoms with Gasteiger partial charge in [0.1, 0.15) is 0 Å². The van der Waals surface area contributed by atoms with Gasteiger partial charge in [-0.25, -0.2) is 0 Å². The Morgan fingerprint density at radius 3 is 2.47 bits per heavy atom. The van der Waals surface area contributed by atoms with Gasteiger partial charge in [-0.15, -0.1) is 0 Å². The molecule has 0 N–H and O–H groups in total. The number of hydrogen-bond donors (Lipinski definition) is 0. The molecule has 0 unspecified atom stereocenters. The first kappa shape index (κ1) is 10.4. The Morgan fingerprint density at radius 1 is 1.13 bits per heavy atom. The van der Waals surface area contributed by atoms with E-state index in [2.05, 4.69) is 62.2 Å². The van der Waals surface area contributed by atoms with Gasteiger partial charge in [0.05, 0.1) is 0 Å². The van der Waals surface area contributed by atoms with E-state index < -0.39 is 0 Å². The van der Waals surface area contributed by atoms with E-state index in [-0.39, 0.29) is 0 Å². The van der Waals surface area contributed by atoms with E-state index in [1.807, 2.05) is 0 Å². The summed E-state index contributed by atoms with van der Waals surface area (Å²) in [6, 6.07) is 11.3. The summed E-state index contributed by atoms with van der Waals surface area (Å²) in [4.78, 5) is 2.40. The molecule has 0 fully saturated rings. The molecule has 2 rings (SSSR count). The van der Waals surface area contributed by atoms with Crippen molar-refractivity contribution in [3.05, 3.63) is 42.0 Å². The molecule has 0 amide bonds. The molecule has 0 spiro atoms. The Hall–Kier alpha value is -1.08. The smallest absolute Gasteiger partial charge is 0.0253 e. The van der Waals surface area contributed by atoms with E-state index in [9.17, 15) is 0 Å². The molecule has 15 heavy (non-hydrogen) atoms. The van der Waals surface area contributed by atoms with Crippen LogP contribution in [0.5, 0.6) is 0 Å². The maximum absolute atomic E-state index is 2.40.